The SMILES string of the molecule is C=CCn1c(=O)c2ccccc2n2c(SCC(=O)N(C)Cc3ccc(C)cc3)nnc12. The van der Waals surface area contributed by atoms with Gasteiger partial charge in [-0.3, -0.25) is 18.6 Å². The van der Waals surface area contributed by atoms with E-state index in [9.17, 15) is 9.59 Å². The van der Waals surface area contributed by atoms with Gasteiger partial charge in [0.15, 0.2) is 5.16 Å². The summed E-state index contributed by atoms with van der Waals surface area (Å²) in [6.45, 7) is 6.65. The molecular weight excluding hydrogens is 410 g/mol. The van der Waals surface area contributed by atoms with Crippen molar-refractivity contribution in [3.8, 4) is 0 Å². The molecule has 1 amide bonds. The Balaban J connectivity index is 1.60. The van der Waals surface area contributed by atoms with Crippen LogP contribution in [0.4, 0.5) is 0 Å². The lowest BCUT2D eigenvalue weighted by Gasteiger charge is -2.17. The summed E-state index contributed by atoms with van der Waals surface area (Å²) < 4.78 is 3.37. The van der Waals surface area contributed by atoms with Gasteiger partial charge in [-0.1, -0.05) is 59.8 Å². The van der Waals surface area contributed by atoms with Gasteiger partial charge in [-0.15, -0.1) is 16.8 Å². The Bertz CT molecular complexity index is 1320. The van der Waals surface area contributed by atoms with Crippen LogP contribution in [-0.2, 0) is 17.9 Å². The number of carbonyl (C=O) groups is 1. The summed E-state index contributed by atoms with van der Waals surface area (Å²) in [5, 5.41) is 9.64. The molecule has 0 radical (unpaired) electrons. The number of allylic oxidation sites excluding steroid dienone is 1. The largest absolute Gasteiger partial charge is 0.341 e. The maximum Gasteiger partial charge on any atom is 0.263 e. The summed E-state index contributed by atoms with van der Waals surface area (Å²) in [5.74, 6) is 0.649. The second-order valence-corrected chi connectivity index (χ2v) is 8.31. The number of para-hydroxylation sites is 1. The van der Waals surface area contributed by atoms with Crippen molar-refractivity contribution in [2.24, 2.45) is 0 Å². The number of carbonyl (C=O) groups excluding carboxylic acids is 1. The second-order valence-electron chi connectivity index (χ2n) is 7.36. The fourth-order valence-electron chi connectivity index (χ4n) is 3.41. The molecule has 4 rings (SSSR count). The van der Waals surface area contributed by atoms with Crippen LogP contribution in [0.2, 0.25) is 0 Å². The molecule has 0 bridgehead atoms. The van der Waals surface area contributed by atoms with Crippen molar-refractivity contribution in [2.75, 3.05) is 12.8 Å². The number of hydrogen-bond acceptors (Lipinski definition) is 5. The van der Waals surface area contributed by atoms with E-state index >= 15 is 0 Å². The highest BCUT2D eigenvalue weighted by Crippen LogP contribution is 2.22. The third-order valence-electron chi connectivity index (χ3n) is 5.08. The van der Waals surface area contributed by atoms with Crippen molar-refractivity contribution in [2.45, 2.75) is 25.2 Å². The molecule has 0 fully saturated rings. The normalized spacial score (nSPS) is 11.2. The van der Waals surface area contributed by atoms with Gasteiger partial charge in [-0.2, -0.15) is 0 Å². The molecule has 2 heterocycles. The molecule has 4 aromatic rings. The van der Waals surface area contributed by atoms with Gasteiger partial charge >= 0.3 is 0 Å². The average molecular weight is 434 g/mol. The molecule has 7 nitrogen and oxygen atoms in total. The summed E-state index contributed by atoms with van der Waals surface area (Å²) >= 11 is 1.31. The van der Waals surface area contributed by atoms with Crippen LogP contribution in [0.1, 0.15) is 11.1 Å². The van der Waals surface area contributed by atoms with E-state index in [0.29, 0.717) is 29.4 Å². The molecule has 0 atom stereocenters. The van der Waals surface area contributed by atoms with Crippen molar-refractivity contribution in [3.05, 3.63) is 82.7 Å². The highest BCUT2D eigenvalue weighted by Gasteiger charge is 2.18. The smallest absolute Gasteiger partial charge is 0.263 e. The molecule has 158 valence electrons. The van der Waals surface area contributed by atoms with Crippen LogP contribution in [0.15, 0.2) is 71.1 Å². The molecule has 0 N–H and O–H groups in total. The zero-order valence-corrected chi connectivity index (χ0v) is 18.3. The topological polar surface area (TPSA) is 72.5 Å². The molecule has 0 saturated heterocycles. The van der Waals surface area contributed by atoms with Crippen LogP contribution in [0.3, 0.4) is 0 Å². The Hall–Kier alpha value is -3.39. The summed E-state index contributed by atoms with van der Waals surface area (Å²) in [7, 11) is 1.79. The van der Waals surface area contributed by atoms with E-state index in [1.807, 2.05) is 53.8 Å². The zero-order valence-electron chi connectivity index (χ0n) is 17.5. The molecule has 2 aromatic heterocycles. The first kappa shape index (κ1) is 20.9. The molecule has 2 aromatic carbocycles. The molecule has 0 aliphatic rings. The molecule has 0 aliphatic carbocycles. The number of fused-ring (bicyclic) bond motifs is 3. The summed E-state index contributed by atoms with van der Waals surface area (Å²) in [6, 6.07) is 15.5. The lowest BCUT2D eigenvalue weighted by atomic mass is 10.1. The predicted molar refractivity (Wildman–Crippen MR) is 123 cm³/mol. The number of thioether (sulfide) groups is 1. The number of nitrogens with zero attached hydrogens (tertiary/aromatic N) is 5. The first-order chi connectivity index (χ1) is 15.0. The fraction of sp³-hybridized carbons (Fsp3) is 0.217. The van der Waals surface area contributed by atoms with Gasteiger partial charge in [0, 0.05) is 20.1 Å². The van der Waals surface area contributed by atoms with Gasteiger partial charge in [0.2, 0.25) is 11.7 Å². The van der Waals surface area contributed by atoms with Crippen LogP contribution in [-0.4, -0.2) is 42.8 Å². The lowest BCUT2D eigenvalue weighted by Crippen LogP contribution is -2.28. The van der Waals surface area contributed by atoms with Crippen LogP contribution in [0.25, 0.3) is 16.7 Å². The van der Waals surface area contributed by atoms with Crippen LogP contribution < -0.4 is 5.56 Å². The van der Waals surface area contributed by atoms with Crippen molar-refractivity contribution >= 4 is 34.3 Å². The number of aromatic nitrogens is 4. The van der Waals surface area contributed by atoms with Gasteiger partial charge in [0.1, 0.15) is 0 Å². The third-order valence-corrected chi connectivity index (χ3v) is 5.99. The van der Waals surface area contributed by atoms with Crippen molar-refractivity contribution in [1.29, 1.82) is 0 Å². The Morgan fingerprint density at radius 1 is 1.16 bits per heavy atom. The zero-order chi connectivity index (χ0) is 22.0. The van der Waals surface area contributed by atoms with Gasteiger partial charge < -0.3 is 4.90 Å². The van der Waals surface area contributed by atoms with Gasteiger partial charge in [-0.25, -0.2) is 0 Å². The van der Waals surface area contributed by atoms with Crippen LogP contribution in [0, 0.1) is 6.92 Å². The molecule has 31 heavy (non-hydrogen) atoms. The third kappa shape index (κ3) is 4.11. The standard InChI is InChI=1S/C23H23N5O2S/c1-4-13-27-21(30)18-7-5-6-8-19(18)28-22(27)24-25-23(28)31-15-20(29)26(3)14-17-11-9-16(2)10-12-17/h4-12H,1,13-15H2,2-3H3. The molecule has 0 unspecified atom stereocenters. The van der Waals surface area contributed by atoms with Crippen LogP contribution in [0.5, 0.6) is 0 Å². The Morgan fingerprint density at radius 2 is 1.90 bits per heavy atom. The number of rotatable bonds is 7. The Kier molecular flexibility index (Phi) is 5.90. The number of aryl methyl sites for hydroxylation is 1. The summed E-state index contributed by atoms with van der Waals surface area (Å²) in [4.78, 5) is 27.3. The first-order valence-electron chi connectivity index (χ1n) is 9.89. The quantitative estimate of drug-likeness (QED) is 0.330. The molecular formula is C23H23N5O2S. The van der Waals surface area contributed by atoms with E-state index in [0.717, 1.165) is 11.1 Å². The van der Waals surface area contributed by atoms with E-state index in [1.165, 1.54) is 21.9 Å². The van der Waals surface area contributed by atoms with E-state index < -0.39 is 0 Å². The maximum absolute atomic E-state index is 12.9. The minimum Gasteiger partial charge on any atom is -0.341 e. The minimum absolute atomic E-state index is 0.00829. The lowest BCUT2D eigenvalue weighted by molar-refractivity contribution is -0.127. The van der Waals surface area contributed by atoms with Gasteiger partial charge in [0.05, 0.1) is 16.7 Å². The summed E-state index contributed by atoms with van der Waals surface area (Å²) in [6.07, 6.45) is 1.65. The predicted octanol–water partition coefficient (Wildman–Crippen LogP) is 3.29. The monoisotopic (exact) mass is 433 g/mol. The van der Waals surface area contributed by atoms with Crippen LogP contribution >= 0.6 is 11.8 Å². The molecule has 8 heteroatoms. The van der Waals surface area contributed by atoms with E-state index in [1.54, 1.807) is 24.1 Å². The second kappa shape index (κ2) is 8.77. The molecule has 0 saturated carbocycles. The van der Waals surface area contributed by atoms with Crippen molar-refractivity contribution < 1.29 is 4.79 Å². The number of hydrogen-bond donors (Lipinski definition) is 0. The van der Waals surface area contributed by atoms with Crippen molar-refractivity contribution in [1.82, 2.24) is 24.1 Å². The van der Waals surface area contributed by atoms with E-state index in [2.05, 4.69) is 16.8 Å². The van der Waals surface area contributed by atoms with E-state index in [4.69, 9.17) is 0 Å². The Morgan fingerprint density at radius 3 is 2.65 bits per heavy atom. The maximum atomic E-state index is 12.9. The first-order valence-corrected chi connectivity index (χ1v) is 10.9. The number of amides is 1. The average Bonchev–Trinajstić information content (AvgIpc) is 3.20. The van der Waals surface area contributed by atoms with Gasteiger partial charge in [-0.05, 0) is 24.6 Å². The highest BCUT2D eigenvalue weighted by molar-refractivity contribution is 7.99. The molecule has 0 spiro atoms. The van der Waals surface area contributed by atoms with Crippen molar-refractivity contribution in [3.63, 3.8) is 0 Å². The van der Waals surface area contributed by atoms with Gasteiger partial charge in [0.25, 0.3) is 5.56 Å². The van der Waals surface area contributed by atoms with E-state index in [-0.39, 0.29) is 17.2 Å². The Labute approximate surface area is 184 Å². The summed E-state index contributed by atoms with van der Waals surface area (Å²) in [5.41, 5.74) is 2.85. The number of benzene rings is 2. The fourth-order valence-corrected chi connectivity index (χ4v) is 4.29. The molecule has 0 aliphatic heterocycles. The highest BCUT2D eigenvalue weighted by atomic mass is 32.2. The minimum atomic E-state index is -0.138.